The highest BCUT2D eigenvalue weighted by atomic mass is 79.9. The highest BCUT2D eigenvalue weighted by Crippen LogP contribution is 2.77. The van der Waals surface area contributed by atoms with Crippen molar-refractivity contribution in [2.45, 2.75) is 75.8 Å². The molecule has 0 radical (unpaired) electrons. The van der Waals surface area contributed by atoms with Crippen LogP contribution in [0.4, 0.5) is 0 Å². The number of fused-ring (bicyclic) bond motifs is 6. The van der Waals surface area contributed by atoms with Gasteiger partial charge in [0.05, 0.1) is 0 Å². The first kappa shape index (κ1) is 15.2. The van der Waals surface area contributed by atoms with E-state index in [1.165, 1.54) is 32.1 Å². The van der Waals surface area contributed by atoms with E-state index in [0.29, 0.717) is 45.8 Å². The standard InChI is InChI=1S/C21H29BrO2/c1-10-4-7-20(3)13-5-6-19(2)15(11-8-12(11)17(19)23)14(13)16(22)18-21(20,9-10)24-18/h10-16,18H,4-9H2,1-3H3/t10-,11+,12-,13?,14+,15?,16?,18+,19-,20+,21+/m0/s1. The fourth-order valence-corrected chi connectivity index (χ4v) is 9.72. The Morgan fingerprint density at radius 1 is 1.21 bits per heavy atom. The first-order valence-corrected chi connectivity index (χ1v) is 11.1. The molecule has 6 rings (SSSR count). The van der Waals surface area contributed by atoms with E-state index in [4.69, 9.17) is 4.74 Å². The molecule has 6 fully saturated rings. The van der Waals surface area contributed by atoms with Crippen LogP contribution in [0, 0.1) is 46.3 Å². The van der Waals surface area contributed by atoms with Crippen molar-refractivity contribution in [3.8, 4) is 0 Å². The molecule has 24 heavy (non-hydrogen) atoms. The Hall–Kier alpha value is 0.110. The minimum absolute atomic E-state index is 0.0199. The second-order valence-electron chi connectivity index (χ2n) is 10.7. The summed E-state index contributed by atoms with van der Waals surface area (Å²) in [6.45, 7) is 7.27. The highest BCUT2D eigenvalue weighted by molar-refractivity contribution is 9.09. The Morgan fingerprint density at radius 3 is 2.79 bits per heavy atom. The summed E-state index contributed by atoms with van der Waals surface area (Å²) in [5.74, 6) is 4.57. The van der Waals surface area contributed by atoms with Gasteiger partial charge in [0.2, 0.25) is 0 Å². The largest absolute Gasteiger partial charge is 0.364 e. The topological polar surface area (TPSA) is 29.6 Å². The van der Waals surface area contributed by atoms with Crippen molar-refractivity contribution in [1.82, 2.24) is 0 Å². The Kier molecular flexibility index (Phi) is 2.63. The van der Waals surface area contributed by atoms with E-state index in [0.717, 1.165) is 18.3 Å². The lowest BCUT2D eigenvalue weighted by Gasteiger charge is -2.60. The maximum Gasteiger partial charge on any atom is 0.142 e. The average Bonchev–Trinajstić information content (AvgIpc) is 3.43. The first-order chi connectivity index (χ1) is 11.3. The third-order valence-corrected chi connectivity index (χ3v) is 10.9. The van der Waals surface area contributed by atoms with Crippen molar-refractivity contribution < 1.29 is 9.53 Å². The van der Waals surface area contributed by atoms with Gasteiger partial charge in [-0.1, -0.05) is 36.7 Å². The Bertz CT molecular complexity index is 648. The molecule has 0 aromatic rings. The van der Waals surface area contributed by atoms with Crippen molar-refractivity contribution in [2.75, 3.05) is 0 Å². The molecule has 1 saturated heterocycles. The molecule has 132 valence electrons. The van der Waals surface area contributed by atoms with Gasteiger partial charge in [0.15, 0.2) is 0 Å². The monoisotopic (exact) mass is 392 g/mol. The summed E-state index contributed by atoms with van der Waals surface area (Å²) >= 11 is 4.13. The number of carbonyl (C=O) groups excluding carboxylic acids is 1. The van der Waals surface area contributed by atoms with Crippen LogP contribution in [0.3, 0.4) is 0 Å². The first-order valence-electron chi connectivity index (χ1n) is 10.2. The SMILES string of the molecule is C[C@H]1CC[C@]2(C)C3CC[C@]4(C)C(=O)[C@H]5C[C@H]5C4[C@@H]3C(Br)[C@H]3O[C@]32C1. The summed E-state index contributed by atoms with van der Waals surface area (Å²) in [7, 11) is 0. The average molecular weight is 393 g/mol. The van der Waals surface area contributed by atoms with Crippen molar-refractivity contribution in [1.29, 1.82) is 0 Å². The van der Waals surface area contributed by atoms with Crippen LogP contribution >= 0.6 is 15.9 Å². The van der Waals surface area contributed by atoms with Gasteiger partial charge >= 0.3 is 0 Å². The predicted molar refractivity (Wildman–Crippen MR) is 95.9 cm³/mol. The maximum absolute atomic E-state index is 12.9. The smallest absolute Gasteiger partial charge is 0.142 e. The second kappa shape index (κ2) is 4.16. The molecule has 0 N–H and O–H groups in total. The molecule has 0 amide bonds. The van der Waals surface area contributed by atoms with Gasteiger partial charge in [-0.15, -0.1) is 0 Å². The van der Waals surface area contributed by atoms with Crippen molar-refractivity contribution >= 4 is 21.7 Å². The van der Waals surface area contributed by atoms with Gasteiger partial charge in [0.1, 0.15) is 17.5 Å². The fraction of sp³-hybridized carbons (Fsp3) is 0.952. The van der Waals surface area contributed by atoms with E-state index in [9.17, 15) is 4.79 Å². The molecular formula is C21H29BrO2. The quantitative estimate of drug-likeness (QED) is 0.445. The number of hydrogen-bond acceptors (Lipinski definition) is 2. The summed E-state index contributed by atoms with van der Waals surface area (Å²) in [5, 5.41) is 0. The molecule has 2 nitrogen and oxygen atoms in total. The molecule has 3 unspecified atom stereocenters. The van der Waals surface area contributed by atoms with E-state index in [-0.39, 0.29) is 11.0 Å². The molecular weight excluding hydrogens is 364 g/mol. The van der Waals surface area contributed by atoms with Gasteiger partial charge < -0.3 is 4.74 Å². The lowest BCUT2D eigenvalue weighted by Crippen LogP contribution is -2.61. The van der Waals surface area contributed by atoms with Crippen molar-refractivity contribution in [2.24, 2.45) is 46.3 Å². The summed E-state index contributed by atoms with van der Waals surface area (Å²) < 4.78 is 6.57. The van der Waals surface area contributed by atoms with Crippen molar-refractivity contribution in [3.63, 3.8) is 0 Å². The predicted octanol–water partition coefficient (Wildman–Crippen LogP) is 4.59. The second-order valence-corrected chi connectivity index (χ2v) is 11.7. The van der Waals surface area contributed by atoms with E-state index in [2.05, 4.69) is 36.7 Å². The minimum atomic E-state index is -0.0199. The van der Waals surface area contributed by atoms with E-state index >= 15 is 0 Å². The third kappa shape index (κ3) is 1.43. The van der Waals surface area contributed by atoms with Crippen LogP contribution in [0.2, 0.25) is 0 Å². The number of rotatable bonds is 0. The van der Waals surface area contributed by atoms with Crippen LogP contribution < -0.4 is 0 Å². The summed E-state index contributed by atoms with van der Waals surface area (Å²) in [6.07, 6.45) is 7.92. The molecule has 1 aliphatic heterocycles. The number of halogens is 1. The number of hydrogen-bond donors (Lipinski definition) is 0. The normalized spacial score (nSPS) is 69.1. The van der Waals surface area contributed by atoms with Crippen LogP contribution in [-0.4, -0.2) is 22.3 Å². The lowest BCUT2D eigenvalue weighted by atomic mass is 9.44. The Morgan fingerprint density at radius 2 is 2.00 bits per heavy atom. The number of ketones is 1. The Balaban J connectivity index is 1.45. The highest BCUT2D eigenvalue weighted by Gasteiger charge is 2.80. The number of ether oxygens (including phenoxy) is 1. The molecule has 1 spiro atoms. The molecule has 5 saturated carbocycles. The molecule has 3 heteroatoms. The van der Waals surface area contributed by atoms with Crippen LogP contribution in [0.1, 0.15) is 59.3 Å². The van der Waals surface area contributed by atoms with Crippen LogP contribution in [0.5, 0.6) is 0 Å². The summed E-state index contributed by atoms with van der Waals surface area (Å²) in [4.78, 5) is 13.4. The number of alkyl halides is 1. The van der Waals surface area contributed by atoms with E-state index < -0.39 is 0 Å². The number of Topliss-reactive ketones (excluding diaryl/α,β-unsaturated/α-hetero) is 1. The van der Waals surface area contributed by atoms with Crippen LogP contribution in [0.25, 0.3) is 0 Å². The molecule has 5 aliphatic carbocycles. The summed E-state index contributed by atoms with van der Waals surface area (Å²) in [5.41, 5.74) is 0.476. The van der Waals surface area contributed by atoms with Gasteiger partial charge in [0, 0.05) is 21.6 Å². The molecule has 0 aromatic heterocycles. The molecule has 11 atom stereocenters. The summed E-state index contributed by atoms with van der Waals surface area (Å²) in [6, 6.07) is 0. The molecule has 6 aliphatic rings. The van der Waals surface area contributed by atoms with Gasteiger partial charge in [-0.05, 0) is 68.1 Å². The molecule has 1 heterocycles. The minimum Gasteiger partial charge on any atom is -0.364 e. The van der Waals surface area contributed by atoms with Crippen LogP contribution in [-0.2, 0) is 9.53 Å². The Labute approximate surface area is 153 Å². The number of epoxide rings is 1. The van der Waals surface area contributed by atoms with Gasteiger partial charge in [-0.2, -0.15) is 0 Å². The van der Waals surface area contributed by atoms with Gasteiger partial charge in [0.25, 0.3) is 0 Å². The van der Waals surface area contributed by atoms with Gasteiger partial charge in [-0.3, -0.25) is 4.79 Å². The molecule has 0 bridgehead atoms. The zero-order chi connectivity index (χ0) is 16.6. The molecule has 0 aromatic carbocycles. The van der Waals surface area contributed by atoms with Gasteiger partial charge in [-0.25, -0.2) is 0 Å². The van der Waals surface area contributed by atoms with E-state index in [1.807, 2.05) is 0 Å². The maximum atomic E-state index is 12.9. The number of carbonyl (C=O) groups is 1. The van der Waals surface area contributed by atoms with E-state index in [1.54, 1.807) is 0 Å². The fourth-order valence-electron chi connectivity index (χ4n) is 8.49. The zero-order valence-electron chi connectivity index (χ0n) is 15.1. The zero-order valence-corrected chi connectivity index (χ0v) is 16.6. The third-order valence-electron chi connectivity index (χ3n) is 9.78. The lowest BCUT2D eigenvalue weighted by molar-refractivity contribution is -0.140. The van der Waals surface area contributed by atoms with Crippen LogP contribution in [0.15, 0.2) is 0 Å². The van der Waals surface area contributed by atoms with Crippen molar-refractivity contribution in [3.05, 3.63) is 0 Å².